The quantitative estimate of drug-likeness (QED) is 0.335. The maximum atomic E-state index is 11.1. The van der Waals surface area contributed by atoms with Crippen LogP contribution in [0.5, 0.6) is 0 Å². The van der Waals surface area contributed by atoms with Crippen molar-refractivity contribution in [2.45, 2.75) is 49.4 Å². The number of thioether (sulfide) groups is 1. The molecule has 0 aliphatic carbocycles. The fourth-order valence-corrected chi connectivity index (χ4v) is 3.90. The topological polar surface area (TPSA) is 125 Å². The normalized spacial score (nSPS) is 26.4. The van der Waals surface area contributed by atoms with Gasteiger partial charge in [0.2, 0.25) is 0 Å². The van der Waals surface area contributed by atoms with Gasteiger partial charge in [0.25, 0.3) is 0 Å². The van der Waals surface area contributed by atoms with Crippen LogP contribution in [0.4, 0.5) is 4.79 Å². The summed E-state index contributed by atoms with van der Waals surface area (Å²) in [5, 5.41) is 22.8. The standard InChI is InChI=1S/C10H16N2O3S.C3H9NO/c13-8(14)4-2-1-3-7-9-6(5-16-7)11-10(15)12-9;4-2-1-3-5/h6-7,9H,1-5H2,(H,13,14)(H2,11,12,15);5H,1-4H2/t6-,7-,9-;/m0./s1. The number of hydrogen-bond donors (Lipinski definition) is 5. The van der Waals surface area contributed by atoms with Crippen molar-refractivity contribution in [3.05, 3.63) is 0 Å². The van der Waals surface area contributed by atoms with Crippen LogP contribution in [0.1, 0.15) is 32.1 Å². The highest BCUT2D eigenvalue weighted by Crippen LogP contribution is 2.33. The number of aliphatic hydroxyl groups is 1. The zero-order valence-corrected chi connectivity index (χ0v) is 12.9. The third-order valence-corrected chi connectivity index (χ3v) is 4.94. The van der Waals surface area contributed by atoms with Gasteiger partial charge in [0.15, 0.2) is 0 Å². The van der Waals surface area contributed by atoms with E-state index >= 15 is 0 Å². The van der Waals surface area contributed by atoms with Crippen molar-refractivity contribution in [1.82, 2.24) is 10.6 Å². The van der Waals surface area contributed by atoms with E-state index in [1.54, 1.807) is 0 Å². The molecular weight excluding hydrogens is 294 g/mol. The van der Waals surface area contributed by atoms with Gasteiger partial charge in [-0.2, -0.15) is 11.8 Å². The van der Waals surface area contributed by atoms with Crippen LogP contribution in [0.25, 0.3) is 0 Å². The molecule has 3 atom stereocenters. The van der Waals surface area contributed by atoms with Gasteiger partial charge in [-0.25, -0.2) is 4.79 Å². The molecule has 2 amide bonds. The minimum atomic E-state index is -0.729. The largest absolute Gasteiger partial charge is 0.481 e. The number of fused-ring (bicyclic) bond motifs is 1. The lowest BCUT2D eigenvalue weighted by Crippen LogP contribution is -2.36. The number of aliphatic hydroxyl groups excluding tert-OH is 1. The zero-order valence-electron chi connectivity index (χ0n) is 12.1. The fourth-order valence-electron chi connectivity index (χ4n) is 2.36. The Bertz CT molecular complexity index is 341. The van der Waals surface area contributed by atoms with E-state index in [2.05, 4.69) is 10.6 Å². The average molecular weight is 319 g/mol. The van der Waals surface area contributed by atoms with Crippen molar-refractivity contribution in [3.63, 3.8) is 0 Å². The van der Waals surface area contributed by atoms with E-state index in [9.17, 15) is 9.59 Å². The summed E-state index contributed by atoms with van der Waals surface area (Å²) in [4.78, 5) is 21.5. The Balaban J connectivity index is 0.000000383. The number of carboxylic acid groups (broad SMARTS) is 1. The van der Waals surface area contributed by atoms with Crippen LogP contribution in [-0.2, 0) is 4.79 Å². The molecule has 2 heterocycles. The van der Waals surface area contributed by atoms with E-state index in [0.717, 1.165) is 31.4 Å². The first-order valence-corrected chi connectivity index (χ1v) is 8.34. The number of carbonyl (C=O) groups excluding carboxylic acids is 1. The number of amides is 2. The summed E-state index contributed by atoms with van der Waals surface area (Å²) in [6.07, 6.45) is 3.60. The first kappa shape index (κ1) is 18.1. The zero-order chi connectivity index (χ0) is 15.7. The number of nitrogens with one attached hydrogen (secondary N) is 2. The lowest BCUT2D eigenvalue weighted by Gasteiger charge is -2.16. The minimum Gasteiger partial charge on any atom is -0.481 e. The van der Waals surface area contributed by atoms with E-state index in [1.165, 1.54) is 0 Å². The number of aliphatic carboxylic acids is 1. The Kier molecular flexibility index (Phi) is 8.48. The number of rotatable bonds is 7. The van der Waals surface area contributed by atoms with E-state index in [-0.39, 0.29) is 31.1 Å². The molecule has 2 aliphatic rings. The number of hydrogen-bond acceptors (Lipinski definition) is 5. The molecule has 2 fully saturated rings. The van der Waals surface area contributed by atoms with E-state index in [0.29, 0.717) is 11.8 Å². The maximum Gasteiger partial charge on any atom is 0.315 e. The van der Waals surface area contributed by atoms with Gasteiger partial charge in [0, 0.05) is 24.0 Å². The van der Waals surface area contributed by atoms with Gasteiger partial charge in [-0.1, -0.05) is 6.42 Å². The summed E-state index contributed by atoms with van der Waals surface area (Å²) >= 11 is 1.87. The smallest absolute Gasteiger partial charge is 0.315 e. The Labute approximate surface area is 129 Å². The molecule has 2 rings (SSSR count). The third-order valence-electron chi connectivity index (χ3n) is 3.43. The lowest BCUT2D eigenvalue weighted by molar-refractivity contribution is -0.137. The van der Waals surface area contributed by atoms with Crippen molar-refractivity contribution in [2.24, 2.45) is 5.73 Å². The van der Waals surface area contributed by atoms with Crippen molar-refractivity contribution in [2.75, 3.05) is 18.9 Å². The van der Waals surface area contributed by atoms with Gasteiger partial charge in [0.05, 0.1) is 12.1 Å². The summed E-state index contributed by atoms with van der Waals surface area (Å²) in [6.45, 7) is 0.812. The van der Waals surface area contributed by atoms with Gasteiger partial charge in [-0.3, -0.25) is 4.79 Å². The van der Waals surface area contributed by atoms with E-state index in [4.69, 9.17) is 15.9 Å². The van der Waals surface area contributed by atoms with Gasteiger partial charge in [-0.05, 0) is 25.8 Å². The first-order chi connectivity index (χ1) is 10.1. The molecule has 0 bridgehead atoms. The number of unbranched alkanes of at least 4 members (excludes halogenated alkanes) is 1. The number of carboxylic acids is 1. The maximum absolute atomic E-state index is 11.1. The van der Waals surface area contributed by atoms with Gasteiger partial charge in [-0.15, -0.1) is 0 Å². The average Bonchev–Trinajstić information content (AvgIpc) is 2.96. The Hall–Kier alpha value is -0.990. The molecule has 0 aromatic carbocycles. The van der Waals surface area contributed by atoms with Gasteiger partial charge < -0.3 is 26.6 Å². The molecule has 0 aromatic heterocycles. The van der Waals surface area contributed by atoms with Crippen molar-refractivity contribution in [3.8, 4) is 0 Å². The molecule has 0 radical (unpaired) electrons. The van der Waals surface area contributed by atoms with Crippen molar-refractivity contribution < 1.29 is 19.8 Å². The molecule has 122 valence electrons. The van der Waals surface area contributed by atoms with Gasteiger partial charge in [0.1, 0.15) is 0 Å². The predicted octanol–water partition coefficient (Wildman–Crippen LogP) is 0.124. The van der Waals surface area contributed by atoms with Crippen molar-refractivity contribution >= 4 is 23.8 Å². The van der Waals surface area contributed by atoms with E-state index < -0.39 is 5.97 Å². The third kappa shape index (κ3) is 6.54. The molecular formula is C13H25N3O4S. The first-order valence-electron chi connectivity index (χ1n) is 7.29. The molecule has 0 aromatic rings. The second-order valence-corrected chi connectivity index (χ2v) is 6.40. The molecule has 8 heteroatoms. The van der Waals surface area contributed by atoms with Crippen LogP contribution < -0.4 is 16.4 Å². The van der Waals surface area contributed by atoms with Crippen LogP contribution >= 0.6 is 11.8 Å². The summed E-state index contributed by atoms with van der Waals surface area (Å²) < 4.78 is 0. The highest BCUT2D eigenvalue weighted by Gasteiger charge is 2.42. The SMILES string of the molecule is NCCCO.O=C(O)CCCC[C@@H]1SC[C@@H]2NC(=O)N[C@@H]21. The van der Waals surface area contributed by atoms with Gasteiger partial charge >= 0.3 is 12.0 Å². The summed E-state index contributed by atoms with van der Waals surface area (Å²) in [5.74, 6) is 0.236. The Morgan fingerprint density at radius 3 is 2.67 bits per heavy atom. The molecule has 2 saturated heterocycles. The summed E-state index contributed by atoms with van der Waals surface area (Å²) in [6, 6.07) is 0.440. The second-order valence-electron chi connectivity index (χ2n) is 5.13. The molecule has 7 nitrogen and oxygen atoms in total. The molecule has 2 aliphatic heterocycles. The number of carbonyl (C=O) groups is 2. The highest BCUT2D eigenvalue weighted by molar-refractivity contribution is 8.00. The van der Waals surface area contributed by atoms with Crippen LogP contribution in [0.3, 0.4) is 0 Å². The molecule has 0 unspecified atom stereocenters. The Morgan fingerprint density at radius 2 is 2.10 bits per heavy atom. The summed E-state index contributed by atoms with van der Waals surface area (Å²) in [7, 11) is 0. The van der Waals surface area contributed by atoms with E-state index in [1.807, 2.05) is 11.8 Å². The van der Waals surface area contributed by atoms with Crippen LogP contribution in [0.2, 0.25) is 0 Å². The molecule has 6 N–H and O–H groups in total. The highest BCUT2D eigenvalue weighted by atomic mass is 32.2. The fraction of sp³-hybridized carbons (Fsp3) is 0.846. The second kappa shape index (κ2) is 9.86. The summed E-state index contributed by atoms with van der Waals surface area (Å²) in [5.41, 5.74) is 4.98. The predicted molar refractivity (Wildman–Crippen MR) is 82.4 cm³/mol. The van der Waals surface area contributed by atoms with Crippen molar-refractivity contribution in [1.29, 1.82) is 0 Å². The van der Waals surface area contributed by atoms with Crippen LogP contribution in [-0.4, -0.2) is 58.5 Å². The number of urea groups is 1. The van der Waals surface area contributed by atoms with Crippen LogP contribution in [0, 0.1) is 0 Å². The Morgan fingerprint density at radius 1 is 1.33 bits per heavy atom. The molecule has 21 heavy (non-hydrogen) atoms. The number of nitrogens with two attached hydrogens (primary N) is 1. The molecule has 0 spiro atoms. The molecule has 0 saturated carbocycles. The van der Waals surface area contributed by atoms with Crippen LogP contribution in [0.15, 0.2) is 0 Å². The minimum absolute atomic E-state index is 0.0640. The lowest BCUT2D eigenvalue weighted by atomic mass is 10.0. The monoisotopic (exact) mass is 319 g/mol.